The second-order valence-corrected chi connectivity index (χ2v) is 7.83. The van der Waals surface area contributed by atoms with Crippen LogP contribution in [0.15, 0.2) is 54.6 Å². The summed E-state index contributed by atoms with van der Waals surface area (Å²) < 4.78 is 33.1. The Morgan fingerprint density at radius 1 is 0.528 bits per heavy atom. The van der Waals surface area contributed by atoms with Crippen molar-refractivity contribution in [1.82, 2.24) is 4.98 Å². The van der Waals surface area contributed by atoms with E-state index in [0.717, 1.165) is 44.8 Å². The van der Waals surface area contributed by atoms with Gasteiger partial charge in [0.05, 0.1) is 53.9 Å². The average molecular weight is 488 g/mol. The maximum atomic E-state index is 5.63. The van der Waals surface area contributed by atoms with Gasteiger partial charge in [-0.15, -0.1) is 0 Å². The molecule has 0 saturated carbocycles. The van der Waals surface area contributed by atoms with E-state index < -0.39 is 0 Å². The van der Waals surface area contributed by atoms with Crippen molar-refractivity contribution in [3.8, 4) is 45.8 Å². The standard InChI is InChI=1S/C29H29NO6/c1-31-20-9-11-26(33-3)19(13-20)8-7-18-14-24(23-15-21(32-2)10-12-27(23)34-4)30-25-17-29(36-6)28(35-5)16-22(18)25/h7-17H,1-6H3/b8-7+. The molecule has 0 bridgehead atoms. The first-order valence-electron chi connectivity index (χ1n) is 11.2. The van der Waals surface area contributed by atoms with Gasteiger partial charge in [-0.3, -0.25) is 0 Å². The maximum absolute atomic E-state index is 5.63. The van der Waals surface area contributed by atoms with Gasteiger partial charge in [-0.25, -0.2) is 4.98 Å². The topological polar surface area (TPSA) is 68.3 Å². The molecule has 0 unspecified atom stereocenters. The van der Waals surface area contributed by atoms with Crippen LogP contribution in [0.5, 0.6) is 34.5 Å². The number of methoxy groups -OCH3 is 6. The summed E-state index contributed by atoms with van der Waals surface area (Å²) in [6.45, 7) is 0. The van der Waals surface area contributed by atoms with E-state index in [2.05, 4.69) is 0 Å². The Bertz CT molecular complexity index is 1410. The molecule has 0 aliphatic rings. The van der Waals surface area contributed by atoms with Crippen molar-refractivity contribution in [2.45, 2.75) is 0 Å². The summed E-state index contributed by atoms with van der Waals surface area (Å²) in [7, 11) is 9.77. The van der Waals surface area contributed by atoms with Crippen LogP contribution in [-0.2, 0) is 0 Å². The zero-order valence-electron chi connectivity index (χ0n) is 21.2. The Morgan fingerprint density at radius 3 is 1.75 bits per heavy atom. The number of benzene rings is 3. The highest BCUT2D eigenvalue weighted by Gasteiger charge is 2.15. The van der Waals surface area contributed by atoms with Crippen LogP contribution in [0.2, 0.25) is 0 Å². The van der Waals surface area contributed by atoms with Gasteiger partial charge in [-0.1, -0.05) is 12.2 Å². The van der Waals surface area contributed by atoms with Crippen molar-refractivity contribution < 1.29 is 28.4 Å². The lowest BCUT2D eigenvalue weighted by atomic mass is 10.0. The van der Waals surface area contributed by atoms with Gasteiger partial charge in [0, 0.05) is 22.6 Å². The zero-order chi connectivity index (χ0) is 25.7. The number of fused-ring (bicyclic) bond motifs is 1. The number of ether oxygens (including phenoxy) is 6. The number of pyridine rings is 1. The largest absolute Gasteiger partial charge is 0.497 e. The van der Waals surface area contributed by atoms with Crippen LogP contribution < -0.4 is 28.4 Å². The Kier molecular flexibility index (Phi) is 7.49. The average Bonchev–Trinajstić information content (AvgIpc) is 2.94. The second-order valence-electron chi connectivity index (χ2n) is 7.83. The van der Waals surface area contributed by atoms with Crippen molar-refractivity contribution in [2.24, 2.45) is 0 Å². The van der Waals surface area contributed by atoms with Crippen molar-refractivity contribution in [1.29, 1.82) is 0 Å². The predicted octanol–water partition coefficient (Wildman–Crippen LogP) is 6.12. The molecular formula is C29H29NO6. The van der Waals surface area contributed by atoms with Crippen LogP contribution in [0.25, 0.3) is 34.3 Å². The highest BCUT2D eigenvalue weighted by Crippen LogP contribution is 2.38. The normalized spacial score (nSPS) is 10.9. The minimum absolute atomic E-state index is 0.594. The van der Waals surface area contributed by atoms with Gasteiger partial charge >= 0.3 is 0 Å². The van der Waals surface area contributed by atoms with Gasteiger partial charge < -0.3 is 28.4 Å². The van der Waals surface area contributed by atoms with E-state index in [1.165, 1.54) is 0 Å². The Hall–Kier alpha value is -4.39. The van der Waals surface area contributed by atoms with Gasteiger partial charge in [0.15, 0.2) is 11.5 Å². The summed E-state index contributed by atoms with van der Waals surface area (Å²) in [5, 5.41) is 0.899. The van der Waals surface area contributed by atoms with Gasteiger partial charge in [-0.05, 0) is 54.1 Å². The molecule has 0 amide bonds. The lowest BCUT2D eigenvalue weighted by molar-refractivity contribution is 0.356. The molecule has 1 aromatic heterocycles. The summed E-state index contributed by atoms with van der Waals surface area (Å²) in [6, 6.07) is 17.1. The quantitative estimate of drug-likeness (QED) is 0.282. The van der Waals surface area contributed by atoms with E-state index in [0.29, 0.717) is 23.0 Å². The summed E-state index contributed by atoms with van der Waals surface area (Å²) in [4.78, 5) is 4.94. The van der Waals surface area contributed by atoms with Gasteiger partial charge in [0.2, 0.25) is 0 Å². The molecule has 0 saturated heterocycles. The molecule has 4 aromatic rings. The SMILES string of the molecule is COc1ccc(OC)c(/C=C/c2cc(-c3cc(OC)ccc3OC)nc3cc(OC)c(OC)cc23)c1. The number of aromatic nitrogens is 1. The lowest BCUT2D eigenvalue weighted by Gasteiger charge is -2.14. The molecule has 1 heterocycles. The van der Waals surface area contributed by atoms with Crippen molar-refractivity contribution in [3.63, 3.8) is 0 Å². The third-order valence-electron chi connectivity index (χ3n) is 5.91. The smallest absolute Gasteiger partial charge is 0.162 e. The highest BCUT2D eigenvalue weighted by atomic mass is 16.5. The highest BCUT2D eigenvalue weighted by molar-refractivity contribution is 5.95. The monoisotopic (exact) mass is 487 g/mol. The molecule has 3 aromatic carbocycles. The molecule has 0 spiro atoms. The number of rotatable bonds is 9. The molecule has 36 heavy (non-hydrogen) atoms. The molecular weight excluding hydrogens is 458 g/mol. The number of nitrogens with zero attached hydrogens (tertiary/aromatic N) is 1. The minimum Gasteiger partial charge on any atom is -0.497 e. The molecule has 0 radical (unpaired) electrons. The summed E-state index contributed by atoms with van der Waals surface area (Å²) in [5.41, 5.74) is 4.07. The first-order valence-corrected chi connectivity index (χ1v) is 11.2. The van der Waals surface area contributed by atoms with Crippen LogP contribution in [0.3, 0.4) is 0 Å². The van der Waals surface area contributed by atoms with Crippen molar-refractivity contribution in [3.05, 3.63) is 65.7 Å². The molecule has 7 nitrogen and oxygen atoms in total. The lowest BCUT2D eigenvalue weighted by Crippen LogP contribution is -1.96. The molecule has 7 heteroatoms. The van der Waals surface area contributed by atoms with Crippen LogP contribution >= 0.6 is 0 Å². The van der Waals surface area contributed by atoms with Crippen molar-refractivity contribution >= 4 is 23.1 Å². The molecule has 0 aliphatic heterocycles. The Morgan fingerprint density at radius 2 is 1.11 bits per heavy atom. The molecule has 0 fully saturated rings. The Labute approximate surface area is 210 Å². The Balaban J connectivity index is 1.96. The van der Waals surface area contributed by atoms with E-state index >= 15 is 0 Å². The van der Waals surface area contributed by atoms with E-state index in [9.17, 15) is 0 Å². The van der Waals surface area contributed by atoms with E-state index in [-0.39, 0.29) is 0 Å². The van der Waals surface area contributed by atoms with Crippen LogP contribution in [0.1, 0.15) is 11.1 Å². The fourth-order valence-corrected chi connectivity index (χ4v) is 4.02. The first kappa shape index (κ1) is 24.7. The molecule has 0 aliphatic carbocycles. The molecule has 0 atom stereocenters. The fraction of sp³-hybridized carbons (Fsp3) is 0.207. The van der Waals surface area contributed by atoms with Gasteiger partial charge in [0.25, 0.3) is 0 Å². The van der Waals surface area contributed by atoms with Crippen molar-refractivity contribution in [2.75, 3.05) is 42.7 Å². The summed E-state index contributed by atoms with van der Waals surface area (Å²) in [6.07, 6.45) is 4.00. The maximum Gasteiger partial charge on any atom is 0.162 e. The van der Waals surface area contributed by atoms with Crippen LogP contribution in [0, 0.1) is 0 Å². The number of hydrogen-bond donors (Lipinski definition) is 0. The second kappa shape index (κ2) is 10.9. The number of hydrogen-bond acceptors (Lipinski definition) is 7. The van der Waals surface area contributed by atoms with E-state index in [1.807, 2.05) is 66.7 Å². The minimum atomic E-state index is 0.594. The molecule has 186 valence electrons. The van der Waals surface area contributed by atoms with Gasteiger partial charge in [0.1, 0.15) is 23.0 Å². The predicted molar refractivity (Wildman–Crippen MR) is 142 cm³/mol. The van der Waals surface area contributed by atoms with Crippen LogP contribution in [-0.4, -0.2) is 47.6 Å². The summed E-state index contributed by atoms with van der Waals surface area (Å²) in [5.74, 6) is 4.08. The first-order chi connectivity index (χ1) is 17.5. The van der Waals surface area contributed by atoms with Crippen LogP contribution in [0.4, 0.5) is 0 Å². The molecule has 0 N–H and O–H groups in total. The molecule has 4 rings (SSSR count). The fourth-order valence-electron chi connectivity index (χ4n) is 4.02. The van der Waals surface area contributed by atoms with E-state index in [4.69, 9.17) is 33.4 Å². The third kappa shape index (κ3) is 4.86. The summed E-state index contributed by atoms with van der Waals surface area (Å²) >= 11 is 0. The van der Waals surface area contributed by atoms with E-state index in [1.54, 1.807) is 42.7 Å². The van der Waals surface area contributed by atoms with Gasteiger partial charge in [-0.2, -0.15) is 0 Å². The third-order valence-corrected chi connectivity index (χ3v) is 5.91. The zero-order valence-corrected chi connectivity index (χ0v) is 21.2.